The molecule has 0 spiro atoms. The molecule has 0 saturated carbocycles. The van der Waals surface area contributed by atoms with Crippen molar-refractivity contribution >= 4 is 11.6 Å². The fourth-order valence-corrected chi connectivity index (χ4v) is 1.66. The number of aryl methyl sites for hydroxylation is 1. The summed E-state index contributed by atoms with van der Waals surface area (Å²) in [5.41, 5.74) is 1.96. The lowest BCUT2D eigenvalue weighted by atomic mass is 10.1. The Morgan fingerprint density at radius 3 is 2.87 bits per heavy atom. The van der Waals surface area contributed by atoms with Gasteiger partial charge in [0, 0.05) is 5.02 Å². The molecule has 2 aromatic rings. The summed E-state index contributed by atoms with van der Waals surface area (Å²) in [4.78, 5) is 0. The first-order chi connectivity index (χ1) is 7.22. The van der Waals surface area contributed by atoms with E-state index >= 15 is 0 Å². The van der Waals surface area contributed by atoms with Crippen molar-refractivity contribution < 1.29 is 0 Å². The van der Waals surface area contributed by atoms with E-state index in [1.165, 1.54) is 11.0 Å². The third-order valence-electron chi connectivity index (χ3n) is 1.96. The Balaban J connectivity index is 2.71. The lowest BCUT2D eigenvalue weighted by Gasteiger charge is -2.06. The average Bonchev–Trinajstić information content (AvgIpc) is 2.69. The van der Waals surface area contributed by atoms with Crippen molar-refractivity contribution in [3.63, 3.8) is 0 Å². The Morgan fingerprint density at radius 2 is 2.27 bits per heavy atom. The molecule has 0 bridgehead atoms. The van der Waals surface area contributed by atoms with Crippen molar-refractivity contribution in [1.29, 1.82) is 5.26 Å². The molecular weight excluding hydrogens is 214 g/mol. The molecule has 15 heavy (non-hydrogen) atoms. The fraction of sp³-hybridized carbons (Fsp3) is 0.111. The third kappa shape index (κ3) is 1.67. The zero-order chi connectivity index (χ0) is 10.8. The highest BCUT2D eigenvalue weighted by Crippen LogP contribution is 2.22. The van der Waals surface area contributed by atoms with Gasteiger partial charge in [0.25, 0.3) is 0 Å². The summed E-state index contributed by atoms with van der Waals surface area (Å²) in [7, 11) is 0. The van der Waals surface area contributed by atoms with Crippen LogP contribution < -0.4 is 0 Å². The molecule has 6 heteroatoms. The molecule has 0 N–H and O–H groups in total. The maximum absolute atomic E-state index is 8.98. The van der Waals surface area contributed by atoms with Gasteiger partial charge in [-0.05, 0) is 35.0 Å². The number of aromatic nitrogens is 4. The maximum Gasteiger partial charge on any atom is 0.143 e. The predicted molar refractivity (Wildman–Crippen MR) is 53.6 cm³/mol. The van der Waals surface area contributed by atoms with E-state index in [-0.39, 0.29) is 0 Å². The minimum absolute atomic E-state index is 0.451. The van der Waals surface area contributed by atoms with Crippen LogP contribution in [0.25, 0.3) is 5.69 Å². The standard InChI is InChI=1S/C9H6ClN5/c1-6-2-8(10)3-7(4-11)9(6)15-5-12-13-14-15/h2-3,5H,1H3. The summed E-state index contributed by atoms with van der Waals surface area (Å²) < 4.78 is 1.45. The van der Waals surface area contributed by atoms with Crippen LogP contribution in [0.2, 0.25) is 5.02 Å². The van der Waals surface area contributed by atoms with Crippen LogP contribution in [0, 0.1) is 18.3 Å². The van der Waals surface area contributed by atoms with E-state index in [9.17, 15) is 0 Å². The topological polar surface area (TPSA) is 67.4 Å². The van der Waals surface area contributed by atoms with E-state index in [0.717, 1.165) is 5.56 Å². The van der Waals surface area contributed by atoms with E-state index in [4.69, 9.17) is 16.9 Å². The number of halogens is 1. The van der Waals surface area contributed by atoms with Gasteiger partial charge in [-0.15, -0.1) is 5.10 Å². The van der Waals surface area contributed by atoms with Gasteiger partial charge >= 0.3 is 0 Å². The normalized spacial score (nSPS) is 9.93. The number of tetrazole rings is 1. The number of rotatable bonds is 1. The summed E-state index contributed by atoms with van der Waals surface area (Å²) >= 11 is 5.85. The number of nitrogens with zero attached hydrogens (tertiary/aromatic N) is 5. The van der Waals surface area contributed by atoms with E-state index in [2.05, 4.69) is 21.6 Å². The first kappa shape index (κ1) is 9.62. The largest absolute Gasteiger partial charge is 0.199 e. The summed E-state index contributed by atoms with van der Waals surface area (Å²) in [5.74, 6) is 0. The smallest absolute Gasteiger partial charge is 0.143 e. The molecule has 0 saturated heterocycles. The highest BCUT2D eigenvalue weighted by Gasteiger charge is 2.10. The van der Waals surface area contributed by atoms with E-state index in [0.29, 0.717) is 16.3 Å². The summed E-state index contributed by atoms with van der Waals surface area (Å²) in [6.07, 6.45) is 1.44. The zero-order valence-electron chi connectivity index (χ0n) is 7.85. The molecule has 0 unspecified atom stereocenters. The number of nitriles is 1. The second-order valence-electron chi connectivity index (χ2n) is 2.99. The molecule has 0 aliphatic carbocycles. The molecule has 1 aromatic heterocycles. The number of benzene rings is 1. The Labute approximate surface area is 90.9 Å². The highest BCUT2D eigenvalue weighted by atomic mass is 35.5. The zero-order valence-corrected chi connectivity index (χ0v) is 8.60. The van der Waals surface area contributed by atoms with Gasteiger partial charge in [0.05, 0.1) is 11.3 Å². The quantitative estimate of drug-likeness (QED) is 0.729. The second kappa shape index (κ2) is 3.67. The average molecular weight is 220 g/mol. The molecule has 74 valence electrons. The third-order valence-corrected chi connectivity index (χ3v) is 2.18. The molecule has 0 atom stereocenters. The van der Waals surface area contributed by atoms with Crippen molar-refractivity contribution in [2.24, 2.45) is 0 Å². The first-order valence-corrected chi connectivity index (χ1v) is 4.54. The predicted octanol–water partition coefficient (Wildman–Crippen LogP) is 1.50. The molecule has 5 nitrogen and oxygen atoms in total. The fourth-order valence-electron chi connectivity index (χ4n) is 1.39. The molecular formula is C9H6ClN5. The molecule has 0 aliphatic heterocycles. The van der Waals surface area contributed by atoms with Gasteiger partial charge in [-0.25, -0.2) is 0 Å². The van der Waals surface area contributed by atoms with Gasteiger partial charge < -0.3 is 0 Å². The van der Waals surface area contributed by atoms with Crippen molar-refractivity contribution in [2.45, 2.75) is 6.92 Å². The molecule has 0 aliphatic rings. The molecule has 0 radical (unpaired) electrons. The van der Waals surface area contributed by atoms with Crippen LogP contribution in [0.5, 0.6) is 0 Å². The van der Waals surface area contributed by atoms with E-state index < -0.39 is 0 Å². The van der Waals surface area contributed by atoms with Gasteiger partial charge in [0.1, 0.15) is 12.4 Å². The molecule has 1 heterocycles. The second-order valence-corrected chi connectivity index (χ2v) is 3.42. The van der Waals surface area contributed by atoms with Crippen LogP contribution in [0.15, 0.2) is 18.5 Å². The Hall–Kier alpha value is -1.93. The SMILES string of the molecule is Cc1cc(Cl)cc(C#N)c1-n1cnnn1. The van der Waals surface area contributed by atoms with Gasteiger partial charge in [-0.2, -0.15) is 9.94 Å². The van der Waals surface area contributed by atoms with Crippen molar-refractivity contribution in [1.82, 2.24) is 20.2 Å². The van der Waals surface area contributed by atoms with Gasteiger partial charge in [0.2, 0.25) is 0 Å². The monoisotopic (exact) mass is 219 g/mol. The minimum Gasteiger partial charge on any atom is -0.199 e. The number of hydrogen-bond acceptors (Lipinski definition) is 4. The van der Waals surface area contributed by atoms with Crippen molar-refractivity contribution in [3.8, 4) is 11.8 Å². The minimum atomic E-state index is 0.451. The molecule has 1 aromatic carbocycles. The van der Waals surface area contributed by atoms with Crippen LogP contribution in [0.3, 0.4) is 0 Å². The van der Waals surface area contributed by atoms with Crippen LogP contribution in [0.1, 0.15) is 11.1 Å². The summed E-state index contributed by atoms with van der Waals surface area (Å²) in [6, 6.07) is 5.42. The van der Waals surface area contributed by atoms with Crippen LogP contribution in [0.4, 0.5) is 0 Å². The van der Waals surface area contributed by atoms with Gasteiger partial charge in [-0.1, -0.05) is 11.6 Å². The molecule has 0 fully saturated rings. The lowest BCUT2D eigenvalue weighted by molar-refractivity contribution is 0.783. The van der Waals surface area contributed by atoms with E-state index in [1.807, 2.05) is 6.92 Å². The Kier molecular flexibility index (Phi) is 2.35. The summed E-state index contributed by atoms with van der Waals surface area (Å²) in [5, 5.41) is 20.3. The van der Waals surface area contributed by atoms with Crippen molar-refractivity contribution in [3.05, 3.63) is 34.6 Å². The van der Waals surface area contributed by atoms with Crippen molar-refractivity contribution in [2.75, 3.05) is 0 Å². The van der Waals surface area contributed by atoms with Gasteiger partial charge in [0.15, 0.2) is 0 Å². The van der Waals surface area contributed by atoms with Crippen LogP contribution in [-0.2, 0) is 0 Å². The highest BCUT2D eigenvalue weighted by molar-refractivity contribution is 6.30. The van der Waals surface area contributed by atoms with E-state index in [1.54, 1.807) is 12.1 Å². The Bertz CT molecular complexity index is 526. The first-order valence-electron chi connectivity index (χ1n) is 4.16. The molecule has 2 rings (SSSR count). The van der Waals surface area contributed by atoms with Gasteiger partial charge in [-0.3, -0.25) is 0 Å². The number of hydrogen-bond donors (Lipinski definition) is 0. The van der Waals surface area contributed by atoms with Crippen LogP contribution >= 0.6 is 11.6 Å². The lowest BCUT2D eigenvalue weighted by Crippen LogP contribution is -2.01. The Morgan fingerprint density at radius 1 is 1.47 bits per heavy atom. The maximum atomic E-state index is 8.98. The molecule has 0 amide bonds. The summed E-state index contributed by atoms with van der Waals surface area (Å²) in [6.45, 7) is 1.85. The van der Waals surface area contributed by atoms with Crippen LogP contribution in [-0.4, -0.2) is 20.2 Å².